The number of aromatic nitrogens is 2. The van der Waals surface area contributed by atoms with Gasteiger partial charge in [-0.15, -0.1) is 0 Å². The van der Waals surface area contributed by atoms with Crippen molar-refractivity contribution >= 4 is 16.9 Å². The lowest BCUT2D eigenvalue weighted by molar-refractivity contribution is -0.132. The molecule has 0 bridgehead atoms. The van der Waals surface area contributed by atoms with Crippen LogP contribution in [0.4, 0.5) is 0 Å². The molecule has 4 rings (SSSR count). The molecule has 1 amide bonds. The molecule has 140 valence electrons. The molecule has 1 saturated heterocycles. The van der Waals surface area contributed by atoms with Crippen LogP contribution in [0.25, 0.3) is 11.0 Å². The molecule has 1 fully saturated rings. The molecule has 5 nitrogen and oxygen atoms in total. The van der Waals surface area contributed by atoms with Crippen molar-refractivity contribution in [1.29, 1.82) is 0 Å². The lowest BCUT2D eigenvalue weighted by Crippen LogP contribution is -2.39. The van der Waals surface area contributed by atoms with Crippen molar-refractivity contribution in [2.45, 2.75) is 38.8 Å². The number of benzene rings is 2. The van der Waals surface area contributed by atoms with Gasteiger partial charge in [-0.25, -0.2) is 4.98 Å². The zero-order chi connectivity index (χ0) is 18.6. The normalized spacial score (nSPS) is 15.2. The predicted octanol–water partition coefficient (Wildman–Crippen LogP) is 4.19. The molecule has 2 heterocycles. The molecule has 0 spiro atoms. The van der Waals surface area contributed by atoms with Crippen LogP contribution in [0.5, 0.6) is 5.75 Å². The maximum absolute atomic E-state index is 12.0. The number of carbonyl (C=O) groups is 1. The van der Waals surface area contributed by atoms with E-state index in [1.807, 2.05) is 54.3 Å². The number of para-hydroxylation sites is 3. The van der Waals surface area contributed by atoms with E-state index in [4.69, 9.17) is 9.72 Å². The quantitative estimate of drug-likeness (QED) is 0.683. The van der Waals surface area contributed by atoms with Crippen molar-refractivity contribution in [3.63, 3.8) is 0 Å². The van der Waals surface area contributed by atoms with Gasteiger partial charge in [0.15, 0.2) is 0 Å². The maximum Gasteiger partial charge on any atom is 0.222 e. The molecule has 0 aliphatic carbocycles. The number of carbonyl (C=O) groups excluding carboxylic acids is 1. The Morgan fingerprint density at radius 1 is 1.07 bits per heavy atom. The topological polar surface area (TPSA) is 47.4 Å². The molecule has 1 aromatic heterocycles. The molecule has 0 radical (unpaired) electrons. The van der Waals surface area contributed by atoms with Crippen LogP contribution in [-0.2, 0) is 11.4 Å². The van der Waals surface area contributed by atoms with E-state index in [1.54, 1.807) is 0 Å². The fraction of sp³-hybridized carbons (Fsp3) is 0.364. The highest BCUT2D eigenvalue weighted by Crippen LogP contribution is 2.29. The smallest absolute Gasteiger partial charge is 0.222 e. The summed E-state index contributed by atoms with van der Waals surface area (Å²) in [6.45, 7) is 3.98. The van der Waals surface area contributed by atoms with E-state index in [2.05, 4.69) is 16.7 Å². The third kappa shape index (κ3) is 3.68. The number of imidazole rings is 1. The largest absolute Gasteiger partial charge is 0.486 e. The van der Waals surface area contributed by atoms with Gasteiger partial charge in [0.2, 0.25) is 5.91 Å². The van der Waals surface area contributed by atoms with Crippen LogP contribution >= 0.6 is 0 Å². The third-order valence-corrected chi connectivity index (χ3v) is 5.26. The van der Waals surface area contributed by atoms with E-state index in [0.717, 1.165) is 48.5 Å². The molecule has 5 heteroatoms. The number of piperidine rings is 1. The molecule has 3 aromatic rings. The van der Waals surface area contributed by atoms with E-state index in [-0.39, 0.29) is 5.91 Å². The average Bonchev–Trinajstić information content (AvgIpc) is 3.11. The Hall–Kier alpha value is -2.82. The molecule has 2 aromatic carbocycles. The maximum atomic E-state index is 12.0. The lowest BCUT2D eigenvalue weighted by Gasteiger charge is -2.33. The number of nitrogens with zero attached hydrogens (tertiary/aromatic N) is 3. The van der Waals surface area contributed by atoms with Crippen LogP contribution in [-0.4, -0.2) is 33.4 Å². The molecule has 0 unspecified atom stereocenters. The molecule has 1 aliphatic heterocycles. The SMILES string of the molecule is CCC(=O)N1CCC(n2c(COc3ccccc3)nc3ccccc32)CC1. The zero-order valence-electron chi connectivity index (χ0n) is 15.7. The van der Waals surface area contributed by atoms with Crippen LogP contribution in [0.15, 0.2) is 54.6 Å². The zero-order valence-corrected chi connectivity index (χ0v) is 15.7. The summed E-state index contributed by atoms with van der Waals surface area (Å²) >= 11 is 0. The molecule has 0 saturated carbocycles. The predicted molar refractivity (Wildman–Crippen MR) is 106 cm³/mol. The first-order chi connectivity index (χ1) is 13.3. The Morgan fingerprint density at radius 3 is 2.52 bits per heavy atom. The minimum Gasteiger partial charge on any atom is -0.486 e. The number of ether oxygens (including phenoxy) is 1. The molecular formula is C22H25N3O2. The van der Waals surface area contributed by atoms with Crippen molar-refractivity contribution in [2.24, 2.45) is 0 Å². The van der Waals surface area contributed by atoms with Crippen molar-refractivity contribution in [3.8, 4) is 5.75 Å². The summed E-state index contributed by atoms with van der Waals surface area (Å²) in [6, 6.07) is 18.4. The Kier molecular flexibility index (Phi) is 5.10. The number of fused-ring (bicyclic) bond motifs is 1. The van der Waals surface area contributed by atoms with Crippen LogP contribution in [0.1, 0.15) is 38.1 Å². The van der Waals surface area contributed by atoms with E-state index in [9.17, 15) is 4.79 Å². The van der Waals surface area contributed by atoms with Gasteiger partial charge >= 0.3 is 0 Å². The highest BCUT2D eigenvalue weighted by molar-refractivity contribution is 5.77. The van der Waals surface area contributed by atoms with E-state index >= 15 is 0 Å². The minimum atomic E-state index is 0.247. The monoisotopic (exact) mass is 363 g/mol. The van der Waals surface area contributed by atoms with Crippen LogP contribution in [0.2, 0.25) is 0 Å². The summed E-state index contributed by atoms with van der Waals surface area (Å²) in [7, 11) is 0. The first-order valence-corrected chi connectivity index (χ1v) is 9.67. The van der Waals surface area contributed by atoms with Crippen LogP contribution in [0, 0.1) is 0 Å². The second-order valence-electron chi connectivity index (χ2n) is 6.95. The Bertz CT molecular complexity index is 912. The molecule has 1 aliphatic rings. The highest BCUT2D eigenvalue weighted by atomic mass is 16.5. The summed E-state index contributed by atoms with van der Waals surface area (Å²) in [5, 5.41) is 0. The minimum absolute atomic E-state index is 0.247. The number of likely N-dealkylation sites (tertiary alicyclic amines) is 1. The van der Waals surface area contributed by atoms with E-state index < -0.39 is 0 Å². The first-order valence-electron chi connectivity index (χ1n) is 9.67. The fourth-order valence-corrected chi connectivity index (χ4v) is 3.87. The van der Waals surface area contributed by atoms with Gasteiger partial charge in [0.25, 0.3) is 0 Å². The summed E-state index contributed by atoms with van der Waals surface area (Å²) in [4.78, 5) is 18.8. The first kappa shape index (κ1) is 17.6. The number of hydrogen-bond acceptors (Lipinski definition) is 3. The number of hydrogen-bond donors (Lipinski definition) is 0. The van der Waals surface area contributed by atoms with Gasteiger partial charge in [-0.1, -0.05) is 37.3 Å². The van der Waals surface area contributed by atoms with Crippen molar-refractivity contribution in [2.75, 3.05) is 13.1 Å². The molecule has 0 N–H and O–H groups in total. The second kappa shape index (κ2) is 7.82. The Balaban J connectivity index is 1.58. The van der Waals surface area contributed by atoms with Crippen molar-refractivity contribution in [3.05, 3.63) is 60.4 Å². The lowest BCUT2D eigenvalue weighted by atomic mass is 10.0. The Labute approximate surface area is 159 Å². The number of rotatable bonds is 5. The standard InChI is InChI=1S/C22H25N3O2/c1-2-22(26)24-14-12-17(13-15-24)25-20-11-7-6-10-19(20)23-21(25)16-27-18-8-4-3-5-9-18/h3-11,17H,2,12-16H2,1H3. The van der Waals surface area contributed by atoms with E-state index in [1.165, 1.54) is 0 Å². The van der Waals surface area contributed by atoms with Crippen LogP contribution in [0.3, 0.4) is 0 Å². The van der Waals surface area contributed by atoms with Gasteiger partial charge < -0.3 is 14.2 Å². The summed E-state index contributed by atoms with van der Waals surface area (Å²) in [5.74, 6) is 2.04. The summed E-state index contributed by atoms with van der Waals surface area (Å²) in [6.07, 6.45) is 2.48. The molecule has 27 heavy (non-hydrogen) atoms. The van der Waals surface area contributed by atoms with Gasteiger partial charge in [0.05, 0.1) is 11.0 Å². The van der Waals surface area contributed by atoms with Gasteiger partial charge in [-0.05, 0) is 37.1 Å². The van der Waals surface area contributed by atoms with Crippen LogP contribution < -0.4 is 4.74 Å². The van der Waals surface area contributed by atoms with Gasteiger partial charge in [-0.3, -0.25) is 4.79 Å². The van der Waals surface area contributed by atoms with Gasteiger partial charge in [0, 0.05) is 25.6 Å². The third-order valence-electron chi connectivity index (χ3n) is 5.26. The fourth-order valence-electron chi connectivity index (χ4n) is 3.87. The molecular weight excluding hydrogens is 338 g/mol. The summed E-state index contributed by atoms with van der Waals surface area (Å²) < 4.78 is 8.31. The van der Waals surface area contributed by atoms with Gasteiger partial charge in [-0.2, -0.15) is 0 Å². The second-order valence-corrected chi connectivity index (χ2v) is 6.95. The average molecular weight is 363 g/mol. The van der Waals surface area contributed by atoms with E-state index in [0.29, 0.717) is 19.1 Å². The van der Waals surface area contributed by atoms with Crippen molar-refractivity contribution < 1.29 is 9.53 Å². The Morgan fingerprint density at radius 2 is 1.78 bits per heavy atom. The highest BCUT2D eigenvalue weighted by Gasteiger charge is 2.26. The summed E-state index contributed by atoms with van der Waals surface area (Å²) in [5.41, 5.74) is 2.14. The number of amides is 1. The molecule has 0 atom stereocenters. The van der Waals surface area contributed by atoms with Gasteiger partial charge in [0.1, 0.15) is 18.2 Å². The van der Waals surface area contributed by atoms with Crippen molar-refractivity contribution in [1.82, 2.24) is 14.5 Å².